The van der Waals surface area contributed by atoms with Gasteiger partial charge in [0.15, 0.2) is 0 Å². The van der Waals surface area contributed by atoms with E-state index in [1.54, 1.807) is 10.4 Å². The van der Waals surface area contributed by atoms with Gasteiger partial charge in [-0.1, -0.05) is 45.7 Å². The minimum absolute atomic E-state index is 0.0135. The molecule has 0 bridgehead atoms. The first kappa shape index (κ1) is 19.6. The van der Waals surface area contributed by atoms with Crippen LogP contribution < -0.4 is 0 Å². The summed E-state index contributed by atoms with van der Waals surface area (Å²) in [5.41, 5.74) is 0.996. The van der Waals surface area contributed by atoms with E-state index in [0.29, 0.717) is 21.2 Å². The molecule has 120 valence electrons. The normalized spacial score (nSPS) is 12.4. The summed E-state index contributed by atoms with van der Waals surface area (Å²) < 4.78 is 29.0. The molecule has 0 fully saturated rings. The Morgan fingerprint density at radius 1 is 1.14 bits per heavy atom. The van der Waals surface area contributed by atoms with E-state index in [1.165, 1.54) is 0 Å². The highest BCUT2D eigenvalue weighted by Crippen LogP contribution is 2.32. The number of rotatable bonds is 7. The quantitative estimate of drug-likeness (QED) is 0.484. The van der Waals surface area contributed by atoms with Crippen LogP contribution in [0.25, 0.3) is 0 Å². The van der Waals surface area contributed by atoms with Crippen molar-refractivity contribution in [2.45, 2.75) is 44.6 Å². The summed E-state index contributed by atoms with van der Waals surface area (Å²) in [5.74, 6) is 0. The maximum absolute atomic E-state index is 13.0. The Morgan fingerprint density at radius 3 is 2.19 bits per heavy atom. The van der Waals surface area contributed by atoms with Crippen LogP contribution >= 0.6 is 47.8 Å². The summed E-state index contributed by atoms with van der Waals surface area (Å²) in [5, 5.41) is 0.618. The third-order valence-electron chi connectivity index (χ3n) is 3.45. The highest BCUT2D eigenvalue weighted by atomic mass is 79.9. The van der Waals surface area contributed by atoms with Crippen LogP contribution in [0.15, 0.2) is 26.0 Å². The zero-order valence-corrected chi connectivity index (χ0v) is 17.9. The molecule has 0 amide bonds. The number of sulfonamides is 1. The van der Waals surface area contributed by atoms with Gasteiger partial charge in [-0.2, -0.15) is 4.31 Å². The lowest BCUT2D eigenvalue weighted by molar-refractivity contribution is 0.317. The van der Waals surface area contributed by atoms with Gasteiger partial charge in [-0.15, -0.1) is 0 Å². The fourth-order valence-corrected chi connectivity index (χ4v) is 6.26. The fraction of sp³-hybridized carbons (Fsp3) is 0.571. The Kier molecular flexibility index (Phi) is 7.87. The molecule has 0 heterocycles. The lowest BCUT2D eigenvalue weighted by Crippen LogP contribution is -2.41. The van der Waals surface area contributed by atoms with Gasteiger partial charge in [0.2, 0.25) is 10.0 Å². The molecule has 1 rings (SSSR count). The molecule has 1 aromatic rings. The summed E-state index contributed by atoms with van der Waals surface area (Å²) >= 11 is 10.2. The Balaban J connectivity index is 3.38. The second kappa shape index (κ2) is 8.43. The molecule has 0 aromatic heterocycles. The smallest absolute Gasteiger partial charge is 0.207 e. The third-order valence-corrected chi connectivity index (χ3v) is 7.57. The molecule has 0 aliphatic carbocycles. The summed E-state index contributed by atoms with van der Waals surface area (Å²) in [6.07, 6.45) is 1.60. The average Bonchev–Trinajstić information content (AvgIpc) is 2.43. The highest BCUT2D eigenvalue weighted by Gasteiger charge is 2.31. The standard InChI is InChI=1S/C14H20Br3NO2S/c1-4-11(5-2)18(7-6-15)21(19,20)14-9-12(16)10(3)8-13(14)17/h8-9,11H,4-7H2,1-3H3. The predicted molar refractivity (Wildman–Crippen MR) is 98.6 cm³/mol. The number of hydrogen-bond donors (Lipinski definition) is 0. The zero-order chi connectivity index (χ0) is 16.2. The molecule has 0 spiro atoms. The first-order chi connectivity index (χ1) is 9.79. The lowest BCUT2D eigenvalue weighted by atomic mass is 10.2. The number of hydrogen-bond acceptors (Lipinski definition) is 2. The number of nitrogens with zero attached hydrogens (tertiary/aromatic N) is 1. The molecule has 0 atom stereocenters. The van der Waals surface area contributed by atoms with Crippen molar-refractivity contribution in [3.8, 4) is 0 Å². The van der Waals surface area contributed by atoms with Crippen molar-refractivity contribution >= 4 is 57.8 Å². The van der Waals surface area contributed by atoms with E-state index in [2.05, 4.69) is 47.8 Å². The van der Waals surface area contributed by atoms with Gasteiger partial charge in [-0.3, -0.25) is 0 Å². The van der Waals surface area contributed by atoms with E-state index >= 15 is 0 Å². The van der Waals surface area contributed by atoms with Crippen LogP contribution in [0.3, 0.4) is 0 Å². The van der Waals surface area contributed by atoms with E-state index in [0.717, 1.165) is 22.9 Å². The lowest BCUT2D eigenvalue weighted by Gasteiger charge is -2.29. The van der Waals surface area contributed by atoms with Crippen molar-refractivity contribution in [2.24, 2.45) is 0 Å². The van der Waals surface area contributed by atoms with E-state index < -0.39 is 10.0 Å². The Hall–Kier alpha value is 0.570. The van der Waals surface area contributed by atoms with Crippen molar-refractivity contribution in [1.82, 2.24) is 4.31 Å². The van der Waals surface area contributed by atoms with Crippen molar-refractivity contribution in [3.63, 3.8) is 0 Å². The summed E-state index contributed by atoms with van der Waals surface area (Å²) in [4.78, 5) is 0.313. The minimum Gasteiger partial charge on any atom is -0.207 e. The van der Waals surface area contributed by atoms with Gasteiger partial charge >= 0.3 is 0 Å². The predicted octanol–water partition coefficient (Wildman–Crippen LogP) is 5.09. The van der Waals surface area contributed by atoms with Gasteiger partial charge in [-0.25, -0.2) is 8.42 Å². The van der Waals surface area contributed by atoms with E-state index in [4.69, 9.17) is 0 Å². The molecular weight excluding hydrogens is 486 g/mol. The largest absolute Gasteiger partial charge is 0.244 e. The van der Waals surface area contributed by atoms with Crippen LogP contribution in [0.4, 0.5) is 0 Å². The van der Waals surface area contributed by atoms with Crippen LogP contribution in [-0.2, 0) is 10.0 Å². The number of alkyl halides is 1. The number of benzene rings is 1. The fourth-order valence-electron chi connectivity index (χ4n) is 2.23. The monoisotopic (exact) mass is 503 g/mol. The summed E-state index contributed by atoms with van der Waals surface area (Å²) in [7, 11) is -3.53. The molecule has 0 radical (unpaired) electrons. The Bertz CT molecular complexity index is 586. The highest BCUT2D eigenvalue weighted by molar-refractivity contribution is 9.11. The maximum Gasteiger partial charge on any atom is 0.244 e. The molecule has 0 N–H and O–H groups in total. The van der Waals surface area contributed by atoms with E-state index in [1.807, 2.05) is 26.8 Å². The van der Waals surface area contributed by atoms with Gasteiger partial charge in [0.1, 0.15) is 0 Å². The van der Waals surface area contributed by atoms with Gasteiger partial charge in [0, 0.05) is 26.9 Å². The minimum atomic E-state index is -3.53. The zero-order valence-electron chi connectivity index (χ0n) is 12.4. The first-order valence-electron chi connectivity index (χ1n) is 6.83. The van der Waals surface area contributed by atoms with Crippen LogP contribution in [-0.4, -0.2) is 30.6 Å². The maximum atomic E-state index is 13.0. The first-order valence-corrected chi connectivity index (χ1v) is 11.0. The van der Waals surface area contributed by atoms with E-state index in [-0.39, 0.29) is 6.04 Å². The molecule has 21 heavy (non-hydrogen) atoms. The van der Waals surface area contributed by atoms with Crippen LogP contribution in [0.1, 0.15) is 32.3 Å². The topological polar surface area (TPSA) is 37.4 Å². The Labute approximate surface area is 152 Å². The average molecular weight is 506 g/mol. The molecule has 0 saturated carbocycles. The van der Waals surface area contributed by atoms with Gasteiger partial charge in [0.25, 0.3) is 0 Å². The molecule has 3 nitrogen and oxygen atoms in total. The molecule has 1 aromatic carbocycles. The van der Waals surface area contributed by atoms with Crippen molar-refractivity contribution in [2.75, 3.05) is 11.9 Å². The van der Waals surface area contributed by atoms with Crippen molar-refractivity contribution in [1.29, 1.82) is 0 Å². The third kappa shape index (κ3) is 4.53. The second-order valence-corrected chi connectivity index (χ2v) is 9.17. The Morgan fingerprint density at radius 2 is 1.71 bits per heavy atom. The SMILES string of the molecule is CCC(CC)N(CCBr)S(=O)(=O)c1cc(Br)c(C)cc1Br. The molecular formula is C14H20Br3NO2S. The molecule has 0 unspecified atom stereocenters. The molecule has 7 heteroatoms. The molecule has 0 saturated heterocycles. The molecule has 0 aliphatic rings. The van der Waals surface area contributed by atoms with Crippen LogP contribution in [0.5, 0.6) is 0 Å². The van der Waals surface area contributed by atoms with Gasteiger partial charge in [-0.05, 0) is 53.4 Å². The number of aryl methyl sites for hydroxylation is 1. The second-order valence-electron chi connectivity index (χ2n) is 4.81. The van der Waals surface area contributed by atoms with E-state index in [9.17, 15) is 8.42 Å². The van der Waals surface area contributed by atoms with Crippen LogP contribution in [0, 0.1) is 6.92 Å². The van der Waals surface area contributed by atoms with Crippen molar-refractivity contribution in [3.05, 3.63) is 26.6 Å². The summed E-state index contributed by atoms with van der Waals surface area (Å²) in [6.45, 7) is 6.44. The van der Waals surface area contributed by atoms with Crippen molar-refractivity contribution < 1.29 is 8.42 Å². The van der Waals surface area contributed by atoms with Gasteiger partial charge < -0.3 is 0 Å². The van der Waals surface area contributed by atoms with Gasteiger partial charge in [0.05, 0.1) is 4.90 Å². The molecule has 0 aliphatic heterocycles. The summed E-state index contributed by atoms with van der Waals surface area (Å²) in [6, 6.07) is 3.52. The van der Waals surface area contributed by atoms with Crippen LogP contribution in [0.2, 0.25) is 0 Å². The number of halogens is 3.